The van der Waals surface area contributed by atoms with Gasteiger partial charge in [-0.25, -0.2) is 4.98 Å². The third kappa shape index (κ3) is 5.90. The fourth-order valence-electron chi connectivity index (χ4n) is 3.88. The Morgan fingerprint density at radius 1 is 1.10 bits per heavy atom. The molecule has 0 aliphatic carbocycles. The van der Waals surface area contributed by atoms with Gasteiger partial charge in [0.25, 0.3) is 0 Å². The zero-order valence-corrected chi connectivity index (χ0v) is 18.4. The van der Waals surface area contributed by atoms with E-state index < -0.39 is 5.41 Å². The first kappa shape index (κ1) is 22.5. The van der Waals surface area contributed by atoms with Gasteiger partial charge >= 0.3 is 0 Å². The monoisotopic (exact) mass is 422 g/mol. The average Bonchev–Trinajstić information content (AvgIpc) is 2.72. The van der Waals surface area contributed by atoms with Gasteiger partial charge in [0.15, 0.2) is 0 Å². The molecule has 0 atom stereocenters. The van der Waals surface area contributed by atoms with Gasteiger partial charge in [-0.15, -0.1) is 0 Å². The van der Waals surface area contributed by atoms with Gasteiger partial charge in [-0.05, 0) is 54.7 Å². The highest BCUT2D eigenvalue weighted by atomic mass is 16.2. The summed E-state index contributed by atoms with van der Waals surface area (Å²) in [5.74, 6) is 0.114. The number of hydrogen-bond donors (Lipinski definition) is 2. The van der Waals surface area contributed by atoms with Crippen molar-refractivity contribution in [3.8, 4) is 0 Å². The predicted molar refractivity (Wildman–Crippen MR) is 121 cm³/mol. The maximum atomic E-state index is 12.6. The molecule has 0 bridgehead atoms. The van der Waals surface area contributed by atoms with Crippen LogP contribution in [-0.2, 0) is 27.2 Å². The third-order valence-corrected chi connectivity index (χ3v) is 5.58. The third-order valence-electron chi connectivity index (χ3n) is 5.58. The Kier molecular flexibility index (Phi) is 7.05. The molecule has 1 saturated heterocycles. The van der Waals surface area contributed by atoms with Gasteiger partial charge in [-0.3, -0.25) is 14.4 Å². The number of pyridine rings is 1. The minimum Gasteiger partial charge on any atom is -0.333 e. The second-order valence-corrected chi connectivity index (χ2v) is 8.54. The lowest BCUT2D eigenvalue weighted by Gasteiger charge is -2.36. The SMILES string of the molecule is CCc1ccc(NC(=O)CN2CCCC(C)(C)C2=O)cc1CC(=O)Nc1ccccn1. The zero-order chi connectivity index (χ0) is 22.4. The molecule has 3 amide bonds. The number of nitrogens with one attached hydrogen (secondary N) is 2. The standard InChI is InChI=1S/C24H30N4O3/c1-4-17-9-10-19(14-18(17)15-21(29)27-20-8-5-6-12-25-20)26-22(30)16-28-13-7-11-24(2,3)23(28)31/h5-6,8-10,12,14H,4,7,11,13,15-16H2,1-3H3,(H,26,30)(H,25,27,29). The second kappa shape index (κ2) is 9.73. The number of rotatable bonds is 7. The van der Waals surface area contributed by atoms with E-state index in [1.807, 2.05) is 45.0 Å². The molecular weight excluding hydrogens is 392 g/mol. The molecule has 0 radical (unpaired) electrons. The van der Waals surface area contributed by atoms with Crippen molar-refractivity contribution in [1.82, 2.24) is 9.88 Å². The van der Waals surface area contributed by atoms with Crippen molar-refractivity contribution in [1.29, 1.82) is 0 Å². The molecule has 2 aromatic rings. The van der Waals surface area contributed by atoms with E-state index in [9.17, 15) is 14.4 Å². The first-order valence-electron chi connectivity index (χ1n) is 10.7. The lowest BCUT2D eigenvalue weighted by Crippen LogP contribution is -2.48. The molecule has 0 spiro atoms. The topological polar surface area (TPSA) is 91.4 Å². The highest BCUT2D eigenvalue weighted by Gasteiger charge is 2.36. The molecule has 2 N–H and O–H groups in total. The number of hydrogen-bond acceptors (Lipinski definition) is 4. The first-order valence-corrected chi connectivity index (χ1v) is 10.7. The number of anilines is 2. The normalized spacial score (nSPS) is 15.5. The van der Waals surface area contributed by atoms with Crippen molar-refractivity contribution < 1.29 is 14.4 Å². The Morgan fingerprint density at radius 2 is 1.90 bits per heavy atom. The van der Waals surface area contributed by atoms with Crippen LogP contribution in [-0.4, -0.2) is 40.7 Å². The van der Waals surface area contributed by atoms with E-state index in [-0.39, 0.29) is 30.7 Å². The smallest absolute Gasteiger partial charge is 0.243 e. The second-order valence-electron chi connectivity index (χ2n) is 8.54. The Balaban J connectivity index is 1.65. The summed E-state index contributed by atoms with van der Waals surface area (Å²) in [6, 6.07) is 10.9. The fourth-order valence-corrected chi connectivity index (χ4v) is 3.88. The molecule has 31 heavy (non-hydrogen) atoms. The summed E-state index contributed by atoms with van der Waals surface area (Å²) >= 11 is 0. The number of benzene rings is 1. The van der Waals surface area contributed by atoms with Gasteiger partial charge in [0.1, 0.15) is 5.82 Å². The molecule has 7 nitrogen and oxygen atoms in total. The lowest BCUT2D eigenvalue weighted by molar-refractivity contribution is -0.146. The highest BCUT2D eigenvalue weighted by molar-refractivity contribution is 5.96. The molecule has 3 rings (SSSR count). The van der Waals surface area contributed by atoms with Crippen LogP contribution in [0.4, 0.5) is 11.5 Å². The number of likely N-dealkylation sites (tertiary alicyclic amines) is 1. The van der Waals surface area contributed by atoms with Gasteiger partial charge in [0, 0.05) is 23.8 Å². The fraction of sp³-hybridized carbons (Fsp3) is 0.417. The quantitative estimate of drug-likeness (QED) is 0.715. The van der Waals surface area contributed by atoms with Crippen LogP contribution in [0.25, 0.3) is 0 Å². The Labute approximate surface area is 183 Å². The Morgan fingerprint density at radius 3 is 2.61 bits per heavy atom. The van der Waals surface area contributed by atoms with E-state index in [1.165, 1.54) is 0 Å². The minimum absolute atomic E-state index is 0.0158. The number of carbonyl (C=O) groups is 3. The van der Waals surface area contributed by atoms with Crippen molar-refractivity contribution in [2.75, 3.05) is 23.7 Å². The van der Waals surface area contributed by atoms with E-state index in [1.54, 1.807) is 23.2 Å². The first-order chi connectivity index (χ1) is 14.8. The highest BCUT2D eigenvalue weighted by Crippen LogP contribution is 2.29. The summed E-state index contributed by atoms with van der Waals surface area (Å²) in [6.07, 6.45) is 4.32. The summed E-state index contributed by atoms with van der Waals surface area (Å²) in [5, 5.41) is 5.66. The maximum Gasteiger partial charge on any atom is 0.243 e. The van der Waals surface area contributed by atoms with E-state index >= 15 is 0 Å². The van der Waals surface area contributed by atoms with E-state index in [4.69, 9.17) is 0 Å². The molecule has 1 fully saturated rings. The van der Waals surface area contributed by atoms with Gasteiger partial charge < -0.3 is 15.5 Å². The molecule has 0 saturated carbocycles. The molecule has 1 aromatic carbocycles. The maximum absolute atomic E-state index is 12.6. The molecule has 2 heterocycles. The van der Waals surface area contributed by atoms with Crippen LogP contribution in [0.3, 0.4) is 0 Å². The molecule has 0 unspecified atom stereocenters. The molecule has 1 aliphatic heterocycles. The van der Waals surface area contributed by atoms with Crippen LogP contribution in [0.5, 0.6) is 0 Å². The van der Waals surface area contributed by atoms with Crippen LogP contribution < -0.4 is 10.6 Å². The Bertz CT molecular complexity index is 957. The number of carbonyl (C=O) groups excluding carboxylic acids is 3. The number of aromatic nitrogens is 1. The van der Waals surface area contributed by atoms with Gasteiger partial charge in [0.05, 0.1) is 13.0 Å². The molecule has 164 valence electrons. The van der Waals surface area contributed by atoms with Crippen molar-refractivity contribution in [3.05, 3.63) is 53.7 Å². The van der Waals surface area contributed by atoms with E-state index in [2.05, 4.69) is 15.6 Å². The average molecular weight is 423 g/mol. The largest absolute Gasteiger partial charge is 0.333 e. The molecule has 7 heteroatoms. The number of aryl methyl sites for hydroxylation is 1. The zero-order valence-electron chi connectivity index (χ0n) is 18.4. The van der Waals surface area contributed by atoms with E-state index in [0.717, 1.165) is 30.4 Å². The summed E-state index contributed by atoms with van der Waals surface area (Å²) in [6.45, 7) is 6.50. The number of piperidine rings is 1. The lowest BCUT2D eigenvalue weighted by atomic mass is 9.83. The molecular formula is C24H30N4O3. The van der Waals surface area contributed by atoms with Gasteiger partial charge in [0.2, 0.25) is 17.7 Å². The Hall–Kier alpha value is -3.22. The van der Waals surface area contributed by atoms with E-state index in [0.29, 0.717) is 18.1 Å². The van der Waals surface area contributed by atoms with Gasteiger partial charge in [-0.1, -0.05) is 32.9 Å². The van der Waals surface area contributed by atoms with Crippen molar-refractivity contribution in [2.45, 2.75) is 46.5 Å². The summed E-state index contributed by atoms with van der Waals surface area (Å²) in [5.41, 5.74) is 2.09. The van der Waals surface area contributed by atoms with Crippen LogP contribution in [0.2, 0.25) is 0 Å². The summed E-state index contributed by atoms with van der Waals surface area (Å²) in [4.78, 5) is 43.3. The molecule has 1 aliphatic rings. The van der Waals surface area contributed by atoms with Crippen molar-refractivity contribution in [3.63, 3.8) is 0 Å². The van der Waals surface area contributed by atoms with Crippen LogP contribution in [0.1, 0.15) is 44.7 Å². The number of nitrogens with zero attached hydrogens (tertiary/aromatic N) is 2. The van der Waals surface area contributed by atoms with Gasteiger partial charge in [-0.2, -0.15) is 0 Å². The van der Waals surface area contributed by atoms with Crippen LogP contribution >= 0.6 is 0 Å². The van der Waals surface area contributed by atoms with Crippen LogP contribution in [0.15, 0.2) is 42.6 Å². The molecule has 1 aromatic heterocycles. The van der Waals surface area contributed by atoms with Crippen molar-refractivity contribution >= 4 is 29.2 Å². The minimum atomic E-state index is -0.421. The number of amides is 3. The van der Waals surface area contributed by atoms with Crippen LogP contribution in [0, 0.1) is 5.41 Å². The predicted octanol–water partition coefficient (Wildman–Crippen LogP) is 3.41. The van der Waals surface area contributed by atoms with Crippen molar-refractivity contribution in [2.24, 2.45) is 5.41 Å². The summed E-state index contributed by atoms with van der Waals surface area (Å²) < 4.78 is 0. The summed E-state index contributed by atoms with van der Waals surface area (Å²) in [7, 11) is 0.